The van der Waals surface area contributed by atoms with Crippen molar-refractivity contribution in [2.75, 3.05) is 19.8 Å². The Kier molecular flexibility index (Phi) is 9.82. The Morgan fingerprint density at radius 3 is 1.84 bits per heavy atom. The zero-order valence-corrected chi connectivity index (χ0v) is 22.3. The van der Waals surface area contributed by atoms with E-state index in [4.69, 9.17) is 14.2 Å². The van der Waals surface area contributed by atoms with E-state index in [9.17, 15) is 0 Å². The van der Waals surface area contributed by atoms with Crippen LogP contribution in [0.5, 0.6) is 0 Å². The Labute approximate surface area is 198 Å². The van der Waals surface area contributed by atoms with Gasteiger partial charge in [-0.2, -0.15) is 0 Å². The highest BCUT2D eigenvalue weighted by molar-refractivity contribution is 5.23. The maximum Gasteiger partial charge on any atom is 0.0724 e. The lowest BCUT2D eigenvalue weighted by molar-refractivity contribution is -0.176. The van der Waals surface area contributed by atoms with Gasteiger partial charge in [-0.1, -0.05) is 77.6 Å². The van der Waals surface area contributed by atoms with Crippen molar-refractivity contribution < 1.29 is 14.2 Å². The highest BCUT2D eigenvalue weighted by Crippen LogP contribution is 2.40. The first kappa shape index (κ1) is 27.3. The molecule has 0 radical (unpaired) electrons. The van der Waals surface area contributed by atoms with E-state index in [0.29, 0.717) is 12.0 Å². The Morgan fingerprint density at radius 1 is 0.812 bits per heavy atom. The monoisotopic (exact) mass is 446 g/mol. The molecule has 1 aromatic carbocycles. The molecule has 0 amide bonds. The van der Waals surface area contributed by atoms with Crippen molar-refractivity contribution in [1.29, 1.82) is 0 Å². The average molecular weight is 447 g/mol. The fraction of sp³-hybridized carbons (Fsp3) is 0.793. The number of hydrogen-bond acceptors (Lipinski definition) is 3. The highest BCUT2D eigenvalue weighted by Gasteiger charge is 2.39. The molecule has 0 bridgehead atoms. The Balaban J connectivity index is 1.87. The smallest absolute Gasteiger partial charge is 0.0724 e. The van der Waals surface area contributed by atoms with Crippen LogP contribution in [0.2, 0.25) is 0 Å². The van der Waals surface area contributed by atoms with Crippen molar-refractivity contribution in [3.8, 4) is 0 Å². The van der Waals surface area contributed by atoms with Gasteiger partial charge in [0.2, 0.25) is 0 Å². The lowest BCUT2D eigenvalue weighted by Crippen LogP contribution is -2.48. The van der Waals surface area contributed by atoms with Crippen LogP contribution in [-0.2, 0) is 27.2 Å². The van der Waals surface area contributed by atoms with Gasteiger partial charge in [0.25, 0.3) is 0 Å². The van der Waals surface area contributed by atoms with Crippen LogP contribution in [0.25, 0.3) is 0 Å². The molecule has 184 valence electrons. The van der Waals surface area contributed by atoms with E-state index < -0.39 is 0 Å². The Bertz CT molecular complexity index is 658. The molecule has 1 saturated heterocycles. The third-order valence-corrected chi connectivity index (χ3v) is 7.70. The minimum atomic E-state index is -0.180. The molecule has 2 rings (SSSR count). The summed E-state index contributed by atoms with van der Waals surface area (Å²) in [6, 6.07) is 8.90. The van der Waals surface area contributed by atoms with Crippen molar-refractivity contribution in [1.82, 2.24) is 0 Å². The average Bonchev–Trinajstić information content (AvgIpc) is 2.73. The van der Waals surface area contributed by atoms with Gasteiger partial charge in [-0.05, 0) is 57.1 Å². The fourth-order valence-electron chi connectivity index (χ4n) is 5.22. The van der Waals surface area contributed by atoms with E-state index in [2.05, 4.69) is 79.7 Å². The van der Waals surface area contributed by atoms with Gasteiger partial charge in [0.15, 0.2) is 0 Å². The third-order valence-electron chi connectivity index (χ3n) is 7.70. The normalized spacial score (nSPS) is 16.8. The predicted octanol–water partition coefficient (Wildman–Crippen LogP) is 7.74. The zero-order valence-electron chi connectivity index (χ0n) is 22.3. The predicted molar refractivity (Wildman–Crippen MR) is 135 cm³/mol. The van der Waals surface area contributed by atoms with E-state index in [-0.39, 0.29) is 16.6 Å². The molecule has 1 fully saturated rings. The van der Waals surface area contributed by atoms with Crippen LogP contribution in [-0.4, -0.2) is 31.0 Å². The highest BCUT2D eigenvalue weighted by atomic mass is 16.5. The van der Waals surface area contributed by atoms with E-state index in [0.717, 1.165) is 32.7 Å². The topological polar surface area (TPSA) is 27.7 Å². The van der Waals surface area contributed by atoms with E-state index in [1.807, 2.05) is 0 Å². The molecule has 1 aliphatic rings. The second-order valence-electron chi connectivity index (χ2n) is 11.6. The van der Waals surface area contributed by atoms with Gasteiger partial charge in [0.05, 0.1) is 37.6 Å². The maximum atomic E-state index is 6.40. The van der Waals surface area contributed by atoms with Gasteiger partial charge < -0.3 is 14.2 Å². The number of ether oxygens (including phenoxy) is 3. The van der Waals surface area contributed by atoms with Crippen LogP contribution in [0.15, 0.2) is 24.3 Å². The van der Waals surface area contributed by atoms with Crippen LogP contribution in [0.4, 0.5) is 0 Å². The van der Waals surface area contributed by atoms with Crippen LogP contribution in [0, 0.1) is 10.8 Å². The molecule has 0 aliphatic carbocycles. The molecule has 0 atom stereocenters. The van der Waals surface area contributed by atoms with Crippen molar-refractivity contribution >= 4 is 0 Å². The summed E-state index contributed by atoms with van der Waals surface area (Å²) in [5, 5.41) is 0. The first-order chi connectivity index (χ1) is 15.0. The summed E-state index contributed by atoms with van der Waals surface area (Å²) in [5.74, 6) is 0. The first-order valence-electron chi connectivity index (χ1n) is 13.0. The summed E-state index contributed by atoms with van der Waals surface area (Å²) in [6.45, 7) is 21.2. The van der Waals surface area contributed by atoms with Gasteiger partial charge in [0.1, 0.15) is 0 Å². The van der Waals surface area contributed by atoms with Gasteiger partial charge in [-0.15, -0.1) is 0 Å². The molecule has 0 spiro atoms. The molecule has 0 N–H and O–H groups in total. The van der Waals surface area contributed by atoms with Gasteiger partial charge in [-0.25, -0.2) is 0 Å². The van der Waals surface area contributed by atoms with Crippen molar-refractivity contribution in [3.05, 3.63) is 35.4 Å². The molecule has 1 aliphatic heterocycles. The fourth-order valence-corrected chi connectivity index (χ4v) is 5.22. The number of benzene rings is 1. The van der Waals surface area contributed by atoms with Gasteiger partial charge in [-0.3, -0.25) is 0 Å². The largest absolute Gasteiger partial charge is 0.380 e. The molecule has 1 heterocycles. The van der Waals surface area contributed by atoms with Crippen LogP contribution >= 0.6 is 0 Å². The minimum Gasteiger partial charge on any atom is -0.380 e. The van der Waals surface area contributed by atoms with E-state index >= 15 is 0 Å². The Morgan fingerprint density at radius 2 is 1.38 bits per heavy atom. The second-order valence-corrected chi connectivity index (χ2v) is 11.6. The van der Waals surface area contributed by atoms with Crippen LogP contribution in [0.1, 0.15) is 105 Å². The quantitative estimate of drug-likeness (QED) is 0.276. The SMILES string of the molecule is CCCC1(COC(C)(C)Cc2ccc(COC(C)(C)CC(CC)(CC)CC)cc2)COC1. The lowest BCUT2D eigenvalue weighted by Gasteiger charge is -2.43. The summed E-state index contributed by atoms with van der Waals surface area (Å²) < 4.78 is 18.3. The molecular weight excluding hydrogens is 396 g/mol. The van der Waals surface area contributed by atoms with Crippen LogP contribution < -0.4 is 0 Å². The standard InChI is InChI=1S/C29H50O3/c1-9-17-29(21-30-22-29)23-32-26(5,6)18-24-13-15-25(16-14-24)19-31-27(7,8)20-28(10-2,11-3)12-4/h13-16H,9-12,17-23H2,1-8H3. The van der Waals surface area contributed by atoms with E-state index in [1.165, 1.54) is 43.2 Å². The maximum absolute atomic E-state index is 6.40. The third kappa shape index (κ3) is 7.85. The van der Waals surface area contributed by atoms with Crippen molar-refractivity contribution in [2.45, 2.75) is 118 Å². The summed E-state index contributed by atoms with van der Waals surface area (Å²) >= 11 is 0. The molecule has 1 aromatic rings. The molecule has 0 aromatic heterocycles. The molecule has 3 nitrogen and oxygen atoms in total. The van der Waals surface area contributed by atoms with Crippen molar-refractivity contribution in [3.63, 3.8) is 0 Å². The molecule has 3 heteroatoms. The number of rotatable bonds is 15. The minimum absolute atomic E-state index is 0.115. The van der Waals surface area contributed by atoms with Gasteiger partial charge >= 0.3 is 0 Å². The Hall–Kier alpha value is -0.900. The zero-order chi connectivity index (χ0) is 23.9. The summed E-state index contributed by atoms with van der Waals surface area (Å²) in [7, 11) is 0. The lowest BCUT2D eigenvalue weighted by atomic mass is 9.72. The first-order valence-corrected chi connectivity index (χ1v) is 13.0. The van der Waals surface area contributed by atoms with Crippen LogP contribution in [0.3, 0.4) is 0 Å². The summed E-state index contributed by atoms with van der Waals surface area (Å²) in [5.41, 5.74) is 2.89. The van der Waals surface area contributed by atoms with E-state index in [1.54, 1.807) is 0 Å². The summed E-state index contributed by atoms with van der Waals surface area (Å²) in [6.07, 6.45) is 8.03. The molecule has 0 saturated carbocycles. The molecule has 32 heavy (non-hydrogen) atoms. The van der Waals surface area contributed by atoms with Crippen molar-refractivity contribution in [2.24, 2.45) is 10.8 Å². The second kappa shape index (κ2) is 11.5. The molecular formula is C29H50O3. The number of hydrogen-bond donors (Lipinski definition) is 0. The summed E-state index contributed by atoms with van der Waals surface area (Å²) in [4.78, 5) is 0. The van der Waals surface area contributed by atoms with Gasteiger partial charge in [0, 0.05) is 11.8 Å². The molecule has 0 unspecified atom stereocenters.